The molecule has 1 aliphatic rings. The van der Waals surface area contributed by atoms with Gasteiger partial charge in [-0.25, -0.2) is 0 Å². The summed E-state index contributed by atoms with van der Waals surface area (Å²) in [6.45, 7) is 14.1. The summed E-state index contributed by atoms with van der Waals surface area (Å²) in [4.78, 5) is 0. The molecule has 2 heteroatoms. The monoisotopic (exact) mass is 261 g/mol. The molecule has 1 aromatic carbocycles. The first-order chi connectivity index (χ1) is 8.60. The summed E-state index contributed by atoms with van der Waals surface area (Å²) in [5.74, 6) is 0.475. The summed E-state index contributed by atoms with van der Waals surface area (Å²) in [5, 5.41) is 14.1. The molecule has 1 fully saturated rings. The molecule has 2 rings (SSSR count). The van der Waals surface area contributed by atoms with Crippen LogP contribution in [-0.4, -0.2) is 11.7 Å². The molecule has 1 saturated heterocycles. The second kappa shape index (κ2) is 4.52. The van der Waals surface area contributed by atoms with Crippen molar-refractivity contribution in [2.75, 3.05) is 6.54 Å². The van der Waals surface area contributed by atoms with E-state index in [1.807, 2.05) is 0 Å². The quantitative estimate of drug-likeness (QED) is 0.800. The molecule has 106 valence electrons. The van der Waals surface area contributed by atoms with Gasteiger partial charge in [0.1, 0.15) is 5.75 Å². The molecular formula is C17H27NO. The molecule has 0 amide bonds. The van der Waals surface area contributed by atoms with Gasteiger partial charge in [-0.15, -0.1) is 0 Å². The highest BCUT2D eigenvalue weighted by Gasteiger charge is 2.29. The molecule has 1 aromatic rings. The Morgan fingerprint density at radius 1 is 1.00 bits per heavy atom. The van der Waals surface area contributed by atoms with E-state index >= 15 is 0 Å². The second-order valence-electron chi connectivity index (χ2n) is 7.76. The van der Waals surface area contributed by atoms with E-state index in [-0.39, 0.29) is 10.8 Å². The van der Waals surface area contributed by atoms with E-state index in [1.165, 1.54) is 12.0 Å². The second-order valence-corrected chi connectivity index (χ2v) is 7.76. The number of hydrogen-bond donors (Lipinski definition) is 2. The molecule has 0 spiro atoms. The maximum atomic E-state index is 10.6. The number of hydrogen-bond acceptors (Lipinski definition) is 2. The van der Waals surface area contributed by atoms with Gasteiger partial charge in [0.25, 0.3) is 0 Å². The Hall–Kier alpha value is -1.02. The lowest BCUT2D eigenvalue weighted by atomic mass is 9.77. The first-order valence-electron chi connectivity index (χ1n) is 7.22. The predicted octanol–water partition coefficient (Wildman–Crippen LogP) is 4.02. The van der Waals surface area contributed by atoms with Crippen molar-refractivity contribution < 1.29 is 5.11 Å². The fourth-order valence-electron chi connectivity index (χ4n) is 2.57. The summed E-state index contributed by atoms with van der Waals surface area (Å²) in [7, 11) is 0. The molecule has 0 bridgehead atoms. The minimum absolute atomic E-state index is 0.0379. The summed E-state index contributed by atoms with van der Waals surface area (Å²) in [6.07, 6.45) is 1.19. The predicted molar refractivity (Wildman–Crippen MR) is 80.9 cm³/mol. The van der Waals surface area contributed by atoms with Gasteiger partial charge >= 0.3 is 0 Å². The smallest absolute Gasteiger partial charge is 0.123 e. The Labute approximate surface area is 117 Å². The average molecular weight is 261 g/mol. The molecule has 0 aliphatic carbocycles. The first-order valence-corrected chi connectivity index (χ1v) is 7.22. The topological polar surface area (TPSA) is 32.3 Å². The van der Waals surface area contributed by atoms with Crippen LogP contribution in [0.25, 0.3) is 0 Å². The zero-order valence-corrected chi connectivity index (χ0v) is 13.1. The lowest BCUT2D eigenvalue weighted by Crippen LogP contribution is -2.35. The van der Waals surface area contributed by atoms with Gasteiger partial charge in [-0.2, -0.15) is 0 Å². The Kier molecular flexibility index (Phi) is 3.42. The average Bonchev–Trinajstić information content (AvgIpc) is 2.13. The van der Waals surface area contributed by atoms with Crippen molar-refractivity contribution in [1.29, 1.82) is 0 Å². The molecule has 0 radical (unpaired) electrons. The van der Waals surface area contributed by atoms with Crippen molar-refractivity contribution in [3.05, 3.63) is 28.8 Å². The van der Waals surface area contributed by atoms with E-state index in [2.05, 4.69) is 59.0 Å². The van der Waals surface area contributed by atoms with Gasteiger partial charge in [-0.05, 0) is 52.6 Å². The minimum Gasteiger partial charge on any atom is -0.507 e. The van der Waals surface area contributed by atoms with Gasteiger partial charge in [-0.3, -0.25) is 0 Å². The van der Waals surface area contributed by atoms with E-state index in [0.717, 1.165) is 17.7 Å². The highest BCUT2D eigenvalue weighted by Crippen LogP contribution is 2.41. The van der Waals surface area contributed by atoms with Crippen molar-refractivity contribution in [1.82, 2.24) is 5.32 Å². The number of rotatable bonds is 1. The van der Waals surface area contributed by atoms with Crippen LogP contribution in [0.15, 0.2) is 12.1 Å². The van der Waals surface area contributed by atoms with Crippen LogP contribution in [0.4, 0.5) is 0 Å². The van der Waals surface area contributed by atoms with Crippen LogP contribution in [0.1, 0.15) is 70.7 Å². The Morgan fingerprint density at radius 3 is 1.68 bits per heavy atom. The third-order valence-electron chi connectivity index (χ3n) is 3.97. The van der Waals surface area contributed by atoms with Crippen LogP contribution in [0.2, 0.25) is 0 Å². The highest BCUT2D eigenvalue weighted by atomic mass is 16.3. The molecule has 0 aromatic heterocycles. The Bertz CT molecular complexity index is 438. The standard InChI is InChI=1S/C17H27NO/c1-16(2,3)12-9-11(14-7-8-18-14)10-13(15(12)19)17(4,5)6/h9-10,14,18-19H,7-8H2,1-6H3/t14-/m0/s1. The lowest BCUT2D eigenvalue weighted by molar-refractivity contribution is 0.377. The zero-order valence-electron chi connectivity index (χ0n) is 13.1. The SMILES string of the molecule is CC(C)(C)c1cc([C@@H]2CCN2)cc(C(C)(C)C)c1O. The van der Waals surface area contributed by atoms with E-state index < -0.39 is 0 Å². The van der Waals surface area contributed by atoms with E-state index in [0.29, 0.717) is 11.8 Å². The molecule has 1 heterocycles. The number of phenols is 1. The third-order valence-corrected chi connectivity index (χ3v) is 3.97. The lowest BCUT2D eigenvalue weighted by Gasteiger charge is -2.33. The molecule has 2 nitrogen and oxygen atoms in total. The van der Waals surface area contributed by atoms with Crippen molar-refractivity contribution in [3.8, 4) is 5.75 Å². The molecule has 0 unspecified atom stereocenters. The summed E-state index contributed by atoms with van der Waals surface area (Å²) >= 11 is 0. The fourth-order valence-corrected chi connectivity index (χ4v) is 2.57. The molecular weight excluding hydrogens is 234 g/mol. The Morgan fingerprint density at radius 2 is 1.42 bits per heavy atom. The van der Waals surface area contributed by atoms with Gasteiger partial charge in [-0.1, -0.05) is 41.5 Å². The van der Waals surface area contributed by atoms with Crippen molar-refractivity contribution in [2.24, 2.45) is 0 Å². The van der Waals surface area contributed by atoms with Crippen molar-refractivity contribution in [2.45, 2.75) is 64.8 Å². The van der Waals surface area contributed by atoms with Crippen LogP contribution >= 0.6 is 0 Å². The molecule has 19 heavy (non-hydrogen) atoms. The highest BCUT2D eigenvalue weighted by molar-refractivity contribution is 5.50. The number of benzene rings is 1. The number of nitrogens with one attached hydrogen (secondary N) is 1. The van der Waals surface area contributed by atoms with Crippen molar-refractivity contribution >= 4 is 0 Å². The van der Waals surface area contributed by atoms with Crippen LogP contribution in [-0.2, 0) is 10.8 Å². The maximum Gasteiger partial charge on any atom is 0.123 e. The van der Waals surface area contributed by atoms with E-state index in [1.54, 1.807) is 0 Å². The van der Waals surface area contributed by atoms with Gasteiger partial charge < -0.3 is 10.4 Å². The molecule has 1 aliphatic heterocycles. The molecule has 0 saturated carbocycles. The summed E-state index contributed by atoms with van der Waals surface area (Å²) < 4.78 is 0. The first kappa shape index (κ1) is 14.4. The molecule has 2 N–H and O–H groups in total. The maximum absolute atomic E-state index is 10.6. The summed E-state index contributed by atoms with van der Waals surface area (Å²) in [5.41, 5.74) is 3.36. The van der Waals surface area contributed by atoms with Gasteiger partial charge in [0, 0.05) is 6.04 Å². The van der Waals surface area contributed by atoms with E-state index in [4.69, 9.17) is 0 Å². The van der Waals surface area contributed by atoms with Gasteiger partial charge in [0.2, 0.25) is 0 Å². The van der Waals surface area contributed by atoms with Crippen molar-refractivity contribution in [3.63, 3.8) is 0 Å². The summed E-state index contributed by atoms with van der Waals surface area (Å²) in [6, 6.07) is 4.82. The van der Waals surface area contributed by atoms with Crippen LogP contribution in [0.5, 0.6) is 5.75 Å². The van der Waals surface area contributed by atoms with Crippen LogP contribution < -0.4 is 5.32 Å². The number of phenolic OH excluding ortho intramolecular Hbond substituents is 1. The minimum atomic E-state index is -0.0379. The van der Waals surface area contributed by atoms with Crippen LogP contribution in [0.3, 0.4) is 0 Å². The van der Waals surface area contributed by atoms with Gasteiger partial charge in [0.15, 0.2) is 0 Å². The van der Waals surface area contributed by atoms with Gasteiger partial charge in [0.05, 0.1) is 0 Å². The largest absolute Gasteiger partial charge is 0.507 e. The number of aromatic hydroxyl groups is 1. The zero-order chi connectivity index (χ0) is 14.4. The van der Waals surface area contributed by atoms with E-state index in [9.17, 15) is 5.11 Å². The molecule has 1 atom stereocenters. The fraction of sp³-hybridized carbons (Fsp3) is 0.647. The third kappa shape index (κ3) is 2.79. The normalized spacial score (nSPS) is 20.2. The Balaban J connectivity index is 2.60. The van der Waals surface area contributed by atoms with Crippen LogP contribution in [0, 0.1) is 0 Å².